The van der Waals surface area contributed by atoms with Crippen LogP contribution in [0.5, 0.6) is 5.75 Å². The van der Waals surface area contributed by atoms with Gasteiger partial charge in [0.1, 0.15) is 18.5 Å². The Morgan fingerprint density at radius 2 is 1.89 bits per heavy atom. The maximum absolute atomic E-state index is 5.88. The number of aromatic nitrogens is 2. The van der Waals surface area contributed by atoms with E-state index in [4.69, 9.17) is 25.5 Å². The van der Waals surface area contributed by atoms with Crippen LogP contribution in [0.15, 0.2) is 52.9 Å². The predicted molar refractivity (Wildman–Crippen MR) is 102 cm³/mol. The minimum Gasteiger partial charge on any atom is -0.489 e. The van der Waals surface area contributed by atoms with Crippen LogP contribution in [0.2, 0.25) is 5.02 Å². The maximum atomic E-state index is 5.88. The lowest BCUT2D eigenvalue weighted by Crippen LogP contribution is -2.35. The fourth-order valence-corrected chi connectivity index (χ4v) is 2.98. The summed E-state index contributed by atoms with van der Waals surface area (Å²) >= 11 is 5.88. The summed E-state index contributed by atoms with van der Waals surface area (Å²) < 4.78 is 17.3. The van der Waals surface area contributed by atoms with Gasteiger partial charge in [-0.15, -0.1) is 10.2 Å². The van der Waals surface area contributed by atoms with Gasteiger partial charge in [0.2, 0.25) is 11.8 Å². The van der Waals surface area contributed by atoms with Crippen molar-refractivity contribution >= 4 is 11.6 Å². The van der Waals surface area contributed by atoms with Gasteiger partial charge in [0.15, 0.2) is 0 Å². The van der Waals surface area contributed by atoms with E-state index in [1.807, 2.05) is 36.4 Å². The number of halogens is 1. The molecule has 27 heavy (non-hydrogen) atoms. The molecule has 6 nitrogen and oxygen atoms in total. The standard InChI is InChI=1S/C20H20ClN3O3/c1-24-10-11-25-18(12-24)20-23-22-19(27-20)15-4-2-14(3-5-15)13-26-17-8-6-16(21)7-9-17/h2-9,18H,10-13H2,1H3. The van der Waals surface area contributed by atoms with Crippen molar-refractivity contribution in [3.05, 3.63) is 65.0 Å². The van der Waals surface area contributed by atoms with Gasteiger partial charge in [0, 0.05) is 23.7 Å². The predicted octanol–water partition coefficient (Wildman–Crippen LogP) is 3.97. The van der Waals surface area contributed by atoms with Crippen molar-refractivity contribution in [2.45, 2.75) is 12.7 Å². The molecular formula is C20H20ClN3O3. The van der Waals surface area contributed by atoms with Crippen LogP contribution < -0.4 is 4.74 Å². The van der Waals surface area contributed by atoms with Crippen LogP contribution in [-0.2, 0) is 11.3 Å². The first-order valence-electron chi connectivity index (χ1n) is 8.78. The lowest BCUT2D eigenvalue weighted by molar-refractivity contribution is -0.0341. The average Bonchev–Trinajstić information content (AvgIpc) is 3.18. The Hall–Kier alpha value is -2.41. The van der Waals surface area contributed by atoms with E-state index in [0.717, 1.165) is 30.0 Å². The third kappa shape index (κ3) is 4.47. The number of nitrogens with zero attached hydrogens (tertiary/aromatic N) is 3. The summed E-state index contributed by atoms with van der Waals surface area (Å²) in [5, 5.41) is 9.00. The van der Waals surface area contributed by atoms with Crippen LogP contribution >= 0.6 is 11.6 Å². The molecule has 0 amide bonds. The second-order valence-electron chi connectivity index (χ2n) is 6.51. The minimum absolute atomic E-state index is 0.169. The highest BCUT2D eigenvalue weighted by molar-refractivity contribution is 6.30. The molecule has 1 fully saturated rings. The molecule has 7 heteroatoms. The molecule has 1 aliphatic rings. The van der Waals surface area contributed by atoms with Crippen molar-refractivity contribution in [2.24, 2.45) is 0 Å². The summed E-state index contributed by atoms with van der Waals surface area (Å²) in [6.07, 6.45) is -0.169. The Balaban J connectivity index is 1.39. The fourth-order valence-electron chi connectivity index (χ4n) is 2.85. The molecule has 0 spiro atoms. The molecule has 2 aromatic carbocycles. The Labute approximate surface area is 162 Å². The van der Waals surface area contributed by atoms with Crippen LogP contribution in [0.4, 0.5) is 0 Å². The van der Waals surface area contributed by atoms with Gasteiger partial charge < -0.3 is 18.8 Å². The van der Waals surface area contributed by atoms with E-state index in [9.17, 15) is 0 Å². The molecule has 0 aliphatic carbocycles. The summed E-state index contributed by atoms with van der Waals surface area (Å²) in [6.45, 7) is 2.81. The van der Waals surface area contributed by atoms with Gasteiger partial charge in [-0.2, -0.15) is 0 Å². The van der Waals surface area contributed by atoms with Gasteiger partial charge in [-0.3, -0.25) is 0 Å². The first kappa shape index (κ1) is 18.0. The van der Waals surface area contributed by atoms with E-state index in [0.29, 0.717) is 30.0 Å². The van der Waals surface area contributed by atoms with Crippen molar-refractivity contribution in [2.75, 3.05) is 26.7 Å². The highest BCUT2D eigenvalue weighted by Crippen LogP contribution is 2.25. The summed E-state index contributed by atoms with van der Waals surface area (Å²) in [7, 11) is 2.05. The Kier molecular flexibility index (Phi) is 5.38. The highest BCUT2D eigenvalue weighted by Gasteiger charge is 2.25. The molecular weight excluding hydrogens is 366 g/mol. The smallest absolute Gasteiger partial charge is 0.247 e. The van der Waals surface area contributed by atoms with Gasteiger partial charge >= 0.3 is 0 Å². The zero-order valence-corrected chi connectivity index (χ0v) is 15.7. The van der Waals surface area contributed by atoms with Gasteiger partial charge in [-0.25, -0.2) is 0 Å². The van der Waals surface area contributed by atoms with Gasteiger partial charge in [-0.1, -0.05) is 23.7 Å². The number of rotatable bonds is 5. The number of morpholine rings is 1. The SMILES string of the molecule is CN1CCOC(c2nnc(-c3ccc(COc4ccc(Cl)cc4)cc3)o2)C1. The first-order valence-corrected chi connectivity index (χ1v) is 9.16. The Morgan fingerprint density at radius 3 is 2.63 bits per heavy atom. The van der Waals surface area contributed by atoms with E-state index in [2.05, 4.69) is 22.1 Å². The van der Waals surface area contributed by atoms with E-state index in [-0.39, 0.29) is 6.10 Å². The molecule has 140 valence electrons. The summed E-state index contributed by atoms with van der Waals surface area (Å²) in [5.74, 6) is 1.79. The number of ether oxygens (including phenoxy) is 2. The van der Waals surface area contributed by atoms with E-state index >= 15 is 0 Å². The van der Waals surface area contributed by atoms with Crippen molar-refractivity contribution in [3.8, 4) is 17.2 Å². The van der Waals surface area contributed by atoms with Gasteiger partial charge in [0.05, 0.1) is 6.61 Å². The van der Waals surface area contributed by atoms with E-state index < -0.39 is 0 Å². The number of hydrogen-bond acceptors (Lipinski definition) is 6. The number of benzene rings is 2. The number of likely N-dealkylation sites (N-methyl/N-ethyl adjacent to an activating group) is 1. The van der Waals surface area contributed by atoms with Crippen molar-refractivity contribution in [1.82, 2.24) is 15.1 Å². The molecule has 2 heterocycles. The lowest BCUT2D eigenvalue weighted by atomic mass is 10.1. The molecule has 1 unspecified atom stereocenters. The lowest BCUT2D eigenvalue weighted by Gasteiger charge is -2.27. The zero-order chi connectivity index (χ0) is 18.6. The summed E-state index contributed by atoms with van der Waals surface area (Å²) in [4.78, 5) is 2.19. The molecule has 0 saturated carbocycles. The third-order valence-electron chi connectivity index (χ3n) is 4.41. The van der Waals surface area contributed by atoms with Gasteiger partial charge in [-0.05, 0) is 49.0 Å². The van der Waals surface area contributed by atoms with Crippen LogP contribution in [0, 0.1) is 0 Å². The Bertz CT molecular complexity index is 880. The fraction of sp³-hybridized carbons (Fsp3) is 0.300. The van der Waals surface area contributed by atoms with Crippen molar-refractivity contribution in [1.29, 1.82) is 0 Å². The van der Waals surface area contributed by atoms with Crippen molar-refractivity contribution < 1.29 is 13.9 Å². The van der Waals surface area contributed by atoms with Crippen LogP contribution in [-0.4, -0.2) is 41.8 Å². The average molecular weight is 386 g/mol. The molecule has 1 atom stereocenters. The first-order chi connectivity index (χ1) is 13.2. The highest BCUT2D eigenvalue weighted by atomic mass is 35.5. The molecule has 1 saturated heterocycles. The van der Waals surface area contributed by atoms with Crippen LogP contribution in [0.3, 0.4) is 0 Å². The molecule has 1 aromatic heterocycles. The molecule has 3 aromatic rings. The third-order valence-corrected chi connectivity index (χ3v) is 4.66. The molecule has 0 bridgehead atoms. The monoisotopic (exact) mass is 385 g/mol. The quantitative estimate of drug-likeness (QED) is 0.662. The Morgan fingerprint density at radius 1 is 1.11 bits per heavy atom. The topological polar surface area (TPSA) is 60.6 Å². The van der Waals surface area contributed by atoms with Crippen LogP contribution in [0.1, 0.15) is 17.6 Å². The van der Waals surface area contributed by atoms with Crippen LogP contribution in [0.25, 0.3) is 11.5 Å². The van der Waals surface area contributed by atoms with Gasteiger partial charge in [0.25, 0.3) is 0 Å². The minimum atomic E-state index is -0.169. The second-order valence-corrected chi connectivity index (χ2v) is 6.94. The molecule has 0 N–H and O–H groups in total. The maximum Gasteiger partial charge on any atom is 0.247 e. The zero-order valence-electron chi connectivity index (χ0n) is 15.0. The summed E-state index contributed by atoms with van der Waals surface area (Å²) in [5.41, 5.74) is 1.92. The van der Waals surface area contributed by atoms with Crippen molar-refractivity contribution in [3.63, 3.8) is 0 Å². The molecule has 1 aliphatic heterocycles. The largest absolute Gasteiger partial charge is 0.489 e. The molecule has 4 rings (SSSR count). The normalized spacial score (nSPS) is 17.8. The number of hydrogen-bond donors (Lipinski definition) is 0. The molecule has 0 radical (unpaired) electrons. The summed E-state index contributed by atoms with van der Waals surface area (Å²) in [6, 6.07) is 15.2. The van der Waals surface area contributed by atoms with E-state index in [1.54, 1.807) is 12.1 Å². The second kappa shape index (κ2) is 8.08. The van der Waals surface area contributed by atoms with E-state index in [1.165, 1.54) is 0 Å².